The Balaban J connectivity index is 0. The number of rotatable bonds is 2. The van der Waals surface area contributed by atoms with Crippen LogP contribution in [0, 0.1) is 5.92 Å². The van der Waals surface area contributed by atoms with E-state index in [1.165, 1.54) is 6.42 Å². The van der Waals surface area contributed by atoms with Gasteiger partial charge < -0.3 is 5.73 Å². The highest BCUT2D eigenvalue weighted by Crippen LogP contribution is 1.93. The molecule has 0 aliphatic heterocycles. The minimum atomic E-state index is 0.713. The van der Waals surface area contributed by atoms with Crippen molar-refractivity contribution in [3.05, 3.63) is 0 Å². The van der Waals surface area contributed by atoms with E-state index < -0.39 is 0 Å². The maximum absolute atomic E-state index is 5.28. The second-order valence-electron chi connectivity index (χ2n) is 1.75. The third-order valence-electron chi connectivity index (χ3n) is 1.10. The number of hydrogen-bond acceptors (Lipinski definition) is 3. The van der Waals surface area contributed by atoms with E-state index in [1.807, 2.05) is 0 Å². The van der Waals surface area contributed by atoms with E-state index in [9.17, 15) is 0 Å². The Labute approximate surface area is 51.2 Å². The van der Waals surface area contributed by atoms with Crippen molar-refractivity contribution in [1.82, 2.24) is 0 Å². The number of nitrogens with two attached hydrogens (primary N) is 3. The molecule has 0 aromatic carbocycles. The van der Waals surface area contributed by atoms with Crippen LogP contribution in [0.4, 0.5) is 0 Å². The van der Waals surface area contributed by atoms with Crippen LogP contribution < -0.4 is 17.4 Å². The van der Waals surface area contributed by atoms with Crippen molar-refractivity contribution in [2.24, 2.45) is 23.3 Å². The van der Waals surface area contributed by atoms with Gasteiger partial charge in [-0.1, -0.05) is 20.3 Å². The molecule has 1 unspecified atom stereocenters. The maximum Gasteiger partial charge on any atom is -0.00516 e. The lowest BCUT2D eigenvalue weighted by atomic mass is 10.1. The Morgan fingerprint density at radius 3 is 1.75 bits per heavy atom. The third-order valence-corrected chi connectivity index (χ3v) is 1.10. The SMILES string of the molecule is CCC(C)CN.NN. The quantitative estimate of drug-likeness (QED) is 0.348. The predicted molar refractivity (Wildman–Crippen MR) is 36.9 cm³/mol. The fourth-order valence-corrected chi connectivity index (χ4v) is 0.167. The van der Waals surface area contributed by atoms with E-state index in [2.05, 4.69) is 25.5 Å². The van der Waals surface area contributed by atoms with Crippen molar-refractivity contribution >= 4 is 0 Å². The molecule has 0 radical (unpaired) electrons. The van der Waals surface area contributed by atoms with Crippen LogP contribution in [0.3, 0.4) is 0 Å². The van der Waals surface area contributed by atoms with Gasteiger partial charge >= 0.3 is 0 Å². The summed E-state index contributed by atoms with van der Waals surface area (Å²) in [6.45, 7) is 5.13. The lowest BCUT2D eigenvalue weighted by Crippen LogP contribution is -2.08. The van der Waals surface area contributed by atoms with E-state index in [0.717, 1.165) is 6.54 Å². The largest absolute Gasteiger partial charge is 0.330 e. The van der Waals surface area contributed by atoms with Gasteiger partial charge in [-0.3, -0.25) is 11.7 Å². The van der Waals surface area contributed by atoms with Crippen molar-refractivity contribution in [2.75, 3.05) is 6.54 Å². The Hall–Kier alpha value is -0.120. The average Bonchev–Trinajstić information content (AvgIpc) is 1.91. The zero-order chi connectivity index (χ0) is 6.99. The summed E-state index contributed by atoms with van der Waals surface area (Å²) in [5.74, 6) is 8.71. The summed E-state index contributed by atoms with van der Waals surface area (Å²) in [4.78, 5) is 0. The monoisotopic (exact) mass is 119 g/mol. The predicted octanol–water partition coefficient (Wildman–Crippen LogP) is -0.190. The van der Waals surface area contributed by atoms with E-state index in [1.54, 1.807) is 0 Å². The first kappa shape index (κ1) is 10.8. The molecule has 3 heteroatoms. The molecule has 0 amide bonds. The van der Waals surface area contributed by atoms with Crippen LogP contribution in [0.5, 0.6) is 0 Å². The molecule has 3 nitrogen and oxygen atoms in total. The zero-order valence-corrected chi connectivity index (χ0v) is 5.72. The third kappa shape index (κ3) is 9.30. The molecular formula is C5H17N3. The Morgan fingerprint density at radius 1 is 1.38 bits per heavy atom. The van der Waals surface area contributed by atoms with Crippen LogP contribution in [0.1, 0.15) is 20.3 Å². The van der Waals surface area contributed by atoms with Crippen LogP contribution in [-0.4, -0.2) is 6.54 Å². The fourth-order valence-electron chi connectivity index (χ4n) is 0.167. The lowest BCUT2D eigenvalue weighted by Gasteiger charge is -1.98. The molecule has 0 fully saturated rings. The van der Waals surface area contributed by atoms with Gasteiger partial charge in [0.25, 0.3) is 0 Å². The van der Waals surface area contributed by atoms with E-state index in [-0.39, 0.29) is 0 Å². The first-order chi connectivity index (χ1) is 3.81. The van der Waals surface area contributed by atoms with Crippen LogP contribution in [0.2, 0.25) is 0 Å². The molecule has 0 aliphatic rings. The second-order valence-corrected chi connectivity index (χ2v) is 1.75. The Morgan fingerprint density at radius 2 is 1.75 bits per heavy atom. The van der Waals surface area contributed by atoms with Crippen molar-refractivity contribution in [3.8, 4) is 0 Å². The van der Waals surface area contributed by atoms with Gasteiger partial charge in [0.15, 0.2) is 0 Å². The second kappa shape index (κ2) is 9.99. The molecule has 52 valence electrons. The molecule has 1 atom stereocenters. The normalized spacial score (nSPS) is 11.6. The van der Waals surface area contributed by atoms with Gasteiger partial charge in [-0.15, -0.1) is 0 Å². The topological polar surface area (TPSA) is 78.1 Å². The van der Waals surface area contributed by atoms with Gasteiger partial charge in [0.2, 0.25) is 0 Å². The summed E-state index contributed by atoms with van der Waals surface area (Å²) in [7, 11) is 0. The van der Waals surface area contributed by atoms with Crippen LogP contribution in [0.25, 0.3) is 0 Å². The molecule has 0 saturated carbocycles. The molecule has 0 aromatic rings. The molecule has 0 heterocycles. The smallest absolute Gasteiger partial charge is 0.00516 e. The maximum atomic E-state index is 5.28. The molecule has 6 N–H and O–H groups in total. The molecule has 0 aromatic heterocycles. The zero-order valence-electron chi connectivity index (χ0n) is 5.72. The first-order valence-electron chi connectivity index (χ1n) is 2.84. The van der Waals surface area contributed by atoms with Gasteiger partial charge in [0.1, 0.15) is 0 Å². The summed E-state index contributed by atoms with van der Waals surface area (Å²) < 4.78 is 0. The molecular weight excluding hydrogens is 102 g/mol. The fraction of sp³-hybridized carbons (Fsp3) is 1.00. The van der Waals surface area contributed by atoms with Crippen LogP contribution in [0.15, 0.2) is 0 Å². The number of hydrogen-bond donors (Lipinski definition) is 3. The van der Waals surface area contributed by atoms with E-state index in [4.69, 9.17) is 5.73 Å². The molecule has 8 heavy (non-hydrogen) atoms. The highest BCUT2D eigenvalue weighted by Gasteiger charge is 1.88. The van der Waals surface area contributed by atoms with Crippen molar-refractivity contribution in [1.29, 1.82) is 0 Å². The van der Waals surface area contributed by atoms with Gasteiger partial charge in [-0.25, -0.2) is 0 Å². The molecule has 0 aliphatic carbocycles. The van der Waals surface area contributed by atoms with Gasteiger partial charge in [0, 0.05) is 0 Å². The van der Waals surface area contributed by atoms with Crippen molar-refractivity contribution in [2.45, 2.75) is 20.3 Å². The summed E-state index contributed by atoms with van der Waals surface area (Å²) in [5.41, 5.74) is 5.28. The Kier molecular flexibility index (Phi) is 13.5. The van der Waals surface area contributed by atoms with Gasteiger partial charge in [-0.2, -0.15) is 0 Å². The van der Waals surface area contributed by atoms with E-state index in [0.29, 0.717) is 5.92 Å². The van der Waals surface area contributed by atoms with Crippen LogP contribution in [-0.2, 0) is 0 Å². The van der Waals surface area contributed by atoms with Crippen molar-refractivity contribution < 1.29 is 0 Å². The van der Waals surface area contributed by atoms with Gasteiger partial charge in [0.05, 0.1) is 0 Å². The molecule has 0 rings (SSSR count). The summed E-state index contributed by atoms with van der Waals surface area (Å²) in [6.07, 6.45) is 1.20. The molecule has 0 spiro atoms. The average molecular weight is 119 g/mol. The van der Waals surface area contributed by atoms with Crippen LogP contribution >= 0.6 is 0 Å². The minimum Gasteiger partial charge on any atom is -0.330 e. The molecule has 0 bridgehead atoms. The highest BCUT2D eigenvalue weighted by atomic mass is 15.0. The summed E-state index contributed by atoms with van der Waals surface area (Å²) in [6, 6.07) is 0. The van der Waals surface area contributed by atoms with E-state index >= 15 is 0 Å². The highest BCUT2D eigenvalue weighted by molar-refractivity contribution is 4.45. The number of hydrazine groups is 1. The van der Waals surface area contributed by atoms with Gasteiger partial charge in [-0.05, 0) is 12.5 Å². The minimum absolute atomic E-state index is 0.713. The first-order valence-corrected chi connectivity index (χ1v) is 2.84. The molecule has 0 saturated heterocycles. The van der Waals surface area contributed by atoms with Crippen molar-refractivity contribution in [3.63, 3.8) is 0 Å². The summed E-state index contributed by atoms with van der Waals surface area (Å²) >= 11 is 0. The Bertz CT molecular complexity index is 26.9. The summed E-state index contributed by atoms with van der Waals surface area (Å²) in [5, 5.41) is 0. The standard InChI is InChI=1S/C5H13N.H4N2/c1-3-5(2)4-6;1-2/h5H,3-4,6H2,1-2H3;1-2H2. The lowest BCUT2D eigenvalue weighted by molar-refractivity contribution is 0.576.